The van der Waals surface area contributed by atoms with Gasteiger partial charge in [-0.05, 0) is 19.1 Å². The maximum atomic E-state index is 11.2. The first-order chi connectivity index (χ1) is 9.10. The van der Waals surface area contributed by atoms with Crippen LogP contribution in [0.3, 0.4) is 0 Å². The van der Waals surface area contributed by atoms with E-state index in [2.05, 4.69) is 0 Å². The van der Waals surface area contributed by atoms with Crippen molar-refractivity contribution in [3.63, 3.8) is 0 Å². The molecule has 0 aliphatic carbocycles. The van der Waals surface area contributed by atoms with E-state index in [-0.39, 0.29) is 30.9 Å². The minimum atomic E-state index is -0.506. The molecule has 2 aliphatic rings. The van der Waals surface area contributed by atoms with Crippen LogP contribution in [0.5, 0.6) is 0 Å². The molecule has 0 radical (unpaired) electrons. The zero-order chi connectivity index (χ0) is 13.8. The summed E-state index contributed by atoms with van der Waals surface area (Å²) >= 11 is 0. The van der Waals surface area contributed by atoms with E-state index in [1.165, 1.54) is 6.92 Å². The van der Waals surface area contributed by atoms with Crippen LogP contribution in [0.4, 0.5) is 0 Å². The molecule has 4 atom stereocenters. The van der Waals surface area contributed by atoms with Crippen molar-refractivity contribution in [2.75, 3.05) is 13.2 Å². The second-order valence-electron chi connectivity index (χ2n) is 4.53. The number of hydrogen-bond acceptors (Lipinski definition) is 6. The summed E-state index contributed by atoms with van der Waals surface area (Å²) in [7, 11) is 0. The molecule has 1 saturated heterocycles. The fourth-order valence-electron chi connectivity index (χ4n) is 2.27. The molecule has 0 bridgehead atoms. The van der Waals surface area contributed by atoms with Gasteiger partial charge in [0.2, 0.25) is 0 Å². The Bertz CT molecular complexity index is 377. The molecule has 1 fully saturated rings. The Kier molecular flexibility index (Phi) is 4.55. The van der Waals surface area contributed by atoms with Crippen molar-refractivity contribution in [1.29, 1.82) is 0 Å². The number of ether oxygens (including phenoxy) is 4. The summed E-state index contributed by atoms with van der Waals surface area (Å²) in [6, 6.07) is 0. The van der Waals surface area contributed by atoms with Gasteiger partial charge < -0.3 is 18.9 Å². The molecule has 6 heteroatoms. The van der Waals surface area contributed by atoms with E-state index in [1.807, 2.05) is 6.92 Å². The molecule has 0 N–H and O–H groups in total. The highest BCUT2D eigenvalue weighted by Crippen LogP contribution is 2.29. The summed E-state index contributed by atoms with van der Waals surface area (Å²) in [6.07, 6.45) is 2.34. The van der Waals surface area contributed by atoms with E-state index in [9.17, 15) is 9.59 Å². The first-order valence-electron chi connectivity index (χ1n) is 6.38. The van der Waals surface area contributed by atoms with Crippen LogP contribution in [0.25, 0.3) is 0 Å². The third kappa shape index (κ3) is 3.54. The molecule has 0 unspecified atom stereocenters. The number of carbonyl (C=O) groups excluding carboxylic acids is 2. The number of carbonyl (C=O) groups is 2. The maximum absolute atomic E-state index is 11.2. The number of hydrogen-bond donors (Lipinski definition) is 0. The Labute approximate surface area is 111 Å². The molecule has 0 saturated carbocycles. The third-order valence-corrected chi connectivity index (χ3v) is 3.06. The minimum absolute atomic E-state index is 0.121. The van der Waals surface area contributed by atoms with Gasteiger partial charge in [-0.25, -0.2) is 0 Å². The number of cyclic esters (lactones) is 1. The zero-order valence-corrected chi connectivity index (χ0v) is 11.0. The van der Waals surface area contributed by atoms with Gasteiger partial charge in [0.1, 0.15) is 12.2 Å². The molecule has 106 valence electrons. The second-order valence-corrected chi connectivity index (χ2v) is 4.53. The summed E-state index contributed by atoms with van der Waals surface area (Å²) < 4.78 is 21.3. The average Bonchev–Trinajstić information content (AvgIpc) is 2.77. The average molecular weight is 270 g/mol. The van der Waals surface area contributed by atoms with Gasteiger partial charge in [0, 0.05) is 19.4 Å². The van der Waals surface area contributed by atoms with E-state index >= 15 is 0 Å². The number of esters is 2. The lowest BCUT2D eigenvalue weighted by molar-refractivity contribution is -0.194. The molecule has 6 nitrogen and oxygen atoms in total. The molecule has 2 aliphatic heterocycles. The van der Waals surface area contributed by atoms with Crippen LogP contribution in [0, 0.1) is 5.92 Å². The summed E-state index contributed by atoms with van der Waals surface area (Å²) in [5.74, 6) is -0.759. The SMILES string of the molecule is CCO[C@@H]1C=C[C@H](OC(C)=O)[C@@H]([C@@H]2COC(=O)C2)O1. The molecule has 0 aromatic heterocycles. The number of rotatable bonds is 4. The van der Waals surface area contributed by atoms with Crippen molar-refractivity contribution < 1.29 is 28.5 Å². The summed E-state index contributed by atoms with van der Waals surface area (Å²) in [5, 5.41) is 0. The molecule has 19 heavy (non-hydrogen) atoms. The standard InChI is InChI=1S/C13H18O6/c1-3-16-12-5-4-10(18-8(2)14)13(19-12)9-6-11(15)17-7-9/h4-5,9-10,12-13H,3,6-7H2,1-2H3/t9-,10-,12-,13+/m0/s1. The van der Waals surface area contributed by atoms with Gasteiger partial charge in [0.05, 0.1) is 13.0 Å². The van der Waals surface area contributed by atoms with Gasteiger partial charge in [-0.1, -0.05) is 0 Å². The molecular weight excluding hydrogens is 252 g/mol. The van der Waals surface area contributed by atoms with E-state index in [0.717, 1.165) is 0 Å². The lowest BCUT2D eigenvalue weighted by Crippen LogP contribution is -2.43. The van der Waals surface area contributed by atoms with Crippen molar-refractivity contribution in [3.05, 3.63) is 12.2 Å². The van der Waals surface area contributed by atoms with Crippen molar-refractivity contribution >= 4 is 11.9 Å². The van der Waals surface area contributed by atoms with Crippen LogP contribution in [0.1, 0.15) is 20.3 Å². The summed E-state index contributed by atoms with van der Waals surface area (Å²) in [5.41, 5.74) is 0. The topological polar surface area (TPSA) is 71.1 Å². The van der Waals surface area contributed by atoms with Crippen molar-refractivity contribution in [3.8, 4) is 0 Å². The fourth-order valence-corrected chi connectivity index (χ4v) is 2.27. The van der Waals surface area contributed by atoms with Gasteiger partial charge in [0.15, 0.2) is 6.29 Å². The van der Waals surface area contributed by atoms with E-state index in [4.69, 9.17) is 18.9 Å². The van der Waals surface area contributed by atoms with Crippen molar-refractivity contribution in [2.24, 2.45) is 5.92 Å². The van der Waals surface area contributed by atoms with Gasteiger partial charge in [-0.3, -0.25) is 9.59 Å². The van der Waals surface area contributed by atoms with Gasteiger partial charge in [-0.15, -0.1) is 0 Å². The third-order valence-electron chi connectivity index (χ3n) is 3.06. The largest absolute Gasteiger partial charge is 0.465 e. The Balaban J connectivity index is 2.07. The van der Waals surface area contributed by atoms with Crippen LogP contribution in [0.15, 0.2) is 12.2 Å². The van der Waals surface area contributed by atoms with Crippen LogP contribution < -0.4 is 0 Å². The van der Waals surface area contributed by atoms with Gasteiger partial charge in [0.25, 0.3) is 0 Å². The quantitative estimate of drug-likeness (QED) is 0.556. The van der Waals surface area contributed by atoms with Crippen molar-refractivity contribution in [1.82, 2.24) is 0 Å². The highest BCUT2D eigenvalue weighted by molar-refractivity contribution is 5.71. The Morgan fingerprint density at radius 1 is 1.47 bits per heavy atom. The Hall–Kier alpha value is -1.40. The molecule has 2 rings (SSSR count). The molecule has 0 spiro atoms. The smallest absolute Gasteiger partial charge is 0.306 e. The normalized spacial score (nSPS) is 34.1. The molecule has 0 amide bonds. The lowest BCUT2D eigenvalue weighted by atomic mass is 9.95. The van der Waals surface area contributed by atoms with Crippen LogP contribution >= 0.6 is 0 Å². The van der Waals surface area contributed by atoms with Crippen molar-refractivity contribution in [2.45, 2.75) is 38.8 Å². The Morgan fingerprint density at radius 3 is 2.84 bits per heavy atom. The predicted octanol–water partition coefficient (Wildman–Crippen LogP) is 0.799. The first-order valence-corrected chi connectivity index (χ1v) is 6.38. The van der Waals surface area contributed by atoms with Crippen LogP contribution in [0.2, 0.25) is 0 Å². The maximum Gasteiger partial charge on any atom is 0.306 e. The van der Waals surface area contributed by atoms with Gasteiger partial charge >= 0.3 is 11.9 Å². The monoisotopic (exact) mass is 270 g/mol. The predicted molar refractivity (Wildman–Crippen MR) is 64.0 cm³/mol. The molecular formula is C13H18O6. The van der Waals surface area contributed by atoms with E-state index in [1.54, 1.807) is 12.2 Å². The first kappa shape index (κ1) is 14.0. The second kappa shape index (κ2) is 6.16. The summed E-state index contributed by atoms with van der Waals surface area (Å²) in [4.78, 5) is 22.3. The van der Waals surface area contributed by atoms with Crippen LogP contribution in [-0.2, 0) is 28.5 Å². The lowest BCUT2D eigenvalue weighted by Gasteiger charge is -2.34. The highest BCUT2D eigenvalue weighted by atomic mass is 16.7. The molecule has 2 heterocycles. The minimum Gasteiger partial charge on any atom is -0.465 e. The van der Waals surface area contributed by atoms with E-state index < -0.39 is 18.5 Å². The fraction of sp³-hybridized carbons (Fsp3) is 0.692. The molecule has 0 aromatic carbocycles. The van der Waals surface area contributed by atoms with E-state index in [0.29, 0.717) is 6.61 Å². The summed E-state index contributed by atoms with van der Waals surface area (Å²) in [6.45, 7) is 4.01. The zero-order valence-electron chi connectivity index (χ0n) is 11.0. The highest BCUT2D eigenvalue weighted by Gasteiger charge is 2.40. The van der Waals surface area contributed by atoms with Crippen LogP contribution in [-0.4, -0.2) is 43.7 Å². The Morgan fingerprint density at radius 2 is 2.26 bits per heavy atom. The molecule has 0 aromatic rings. The van der Waals surface area contributed by atoms with Gasteiger partial charge in [-0.2, -0.15) is 0 Å².